The Morgan fingerprint density at radius 3 is 2.67 bits per heavy atom. The summed E-state index contributed by atoms with van der Waals surface area (Å²) in [7, 11) is 0. The molecule has 0 aliphatic rings. The predicted molar refractivity (Wildman–Crippen MR) is 55.0 cm³/mol. The van der Waals surface area contributed by atoms with Crippen molar-refractivity contribution in [1.82, 2.24) is 4.98 Å². The first-order valence-electron chi connectivity index (χ1n) is 4.62. The van der Waals surface area contributed by atoms with Crippen LogP contribution in [0.1, 0.15) is 5.56 Å². The second kappa shape index (κ2) is 4.55. The Hall–Kier alpha value is -1.90. The molecule has 3 heteroatoms. The summed E-state index contributed by atoms with van der Waals surface area (Å²) in [4.78, 5) is 3.79. The minimum absolute atomic E-state index is 0.182. The lowest BCUT2D eigenvalue weighted by molar-refractivity contribution is 0.289. The Balaban J connectivity index is 2.03. The van der Waals surface area contributed by atoms with Gasteiger partial charge in [-0.05, 0) is 11.6 Å². The third-order valence-electron chi connectivity index (χ3n) is 1.97. The van der Waals surface area contributed by atoms with E-state index in [-0.39, 0.29) is 11.6 Å². The lowest BCUT2D eigenvalue weighted by Gasteiger charge is -2.05. The van der Waals surface area contributed by atoms with Gasteiger partial charge in [0.05, 0.1) is 6.20 Å². The number of hydrogen-bond acceptors (Lipinski definition) is 2. The van der Waals surface area contributed by atoms with Crippen molar-refractivity contribution in [3.8, 4) is 5.75 Å². The highest BCUT2D eigenvalue weighted by Crippen LogP contribution is 2.15. The largest absolute Gasteiger partial charge is 0.484 e. The van der Waals surface area contributed by atoms with Crippen LogP contribution in [0.4, 0.5) is 4.39 Å². The first kappa shape index (κ1) is 9.65. The summed E-state index contributed by atoms with van der Waals surface area (Å²) >= 11 is 0. The van der Waals surface area contributed by atoms with Crippen LogP contribution in [-0.4, -0.2) is 4.98 Å². The maximum Gasteiger partial charge on any atom is 0.173 e. The number of hydrogen-bond donors (Lipinski definition) is 0. The first-order chi connectivity index (χ1) is 7.36. The van der Waals surface area contributed by atoms with Crippen LogP contribution in [-0.2, 0) is 6.61 Å². The van der Waals surface area contributed by atoms with Gasteiger partial charge >= 0.3 is 0 Å². The molecule has 1 aromatic heterocycles. The molecule has 2 rings (SSSR count). The third-order valence-corrected chi connectivity index (χ3v) is 1.97. The normalized spacial score (nSPS) is 9.93. The van der Waals surface area contributed by atoms with Crippen molar-refractivity contribution < 1.29 is 9.13 Å². The molecule has 0 unspecified atom stereocenters. The molecular formula is C12H10FNO. The molecule has 2 aromatic rings. The standard InChI is InChI=1S/C12H10FNO/c13-11-6-7-14-8-12(11)15-9-10-4-2-1-3-5-10/h1-8H,9H2. The van der Waals surface area contributed by atoms with E-state index in [2.05, 4.69) is 4.98 Å². The maximum absolute atomic E-state index is 13.1. The van der Waals surface area contributed by atoms with E-state index in [1.54, 1.807) is 0 Å². The average molecular weight is 203 g/mol. The second-order valence-corrected chi connectivity index (χ2v) is 3.08. The van der Waals surface area contributed by atoms with Crippen LogP contribution < -0.4 is 4.74 Å². The van der Waals surface area contributed by atoms with Gasteiger partial charge in [-0.15, -0.1) is 0 Å². The number of halogens is 1. The zero-order valence-electron chi connectivity index (χ0n) is 8.06. The van der Waals surface area contributed by atoms with Crippen molar-refractivity contribution in [3.05, 3.63) is 60.2 Å². The van der Waals surface area contributed by atoms with Crippen LogP contribution in [0, 0.1) is 5.82 Å². The Morgan fingerprint density at radius 1 is 1.13 bits per heavy atom. The van der Waals surface area contributed by atoms with E-state index in [0.29, 0.717) is 6.61 Å². The topological polar surface area (TPSA) is 22.1 Å². The summed E-state index contributed by atoms with van der Waals surface area (Å²) in [5.74, 6) is -0.206. The first-order valence-corrected chi connectivity index (χ1v) is 4.62. The van der Waals surface area contributed by atoms with Gasteiger partial charge in [-0.3, -0.25) is 4.98 Å². The Bertz CT molecular complexity index is 431. The minimum Gasteiger partial charge on any atom is -0.484 e. The SMILES string of the molecule is Fc1ccncc1OCc1ccccc1. The lowest BCUT2D eigenvalue weighted by Crippen LogP contribution is -1.97. The van der Waals surface area contributed by atoms with Gasteiger partial charge < -0.3 is 4.74 Å². The number of ether oxygens (including phenoxy) is 1. The maximum atomic E-state index is 13.1. The van der Waals surface area contributed by atoms with E-state index in [1.165, 1.54) is 18.5 Å². The molecule has 0 N–H and O–H groups in total. The van der Waals surface area contributed by atoms with E-state index in [0.717, 1.165) is 5.56 Å². The molecule has 0 atom stereocenters. The monoisotopic (exact) mass is 203 g/mol. The van der Waals surface area contributed by atoms with Crippen LogP contribution >= 0.6 is 0 Å². The molecule has 0 spiro atoms. The molecule has 0 aliphatic carbocycles. The molecule has 0 bridgehead atoms. The molecule has 0 aliphatic heterocycles. The Kier molecular flexibility index (Phi) is 2.93. The van der Waals surface area contributed by atoms with Crippen molar-refractivity contribution in [3.63, 3.8) is 0 Å². The van der Waals surface area contributed by atoms with Crippen LogP contribution in [0.15, 0.2) is 48.8 Å². The zero-order valence-corrected chi connectivity index (χ0v) is 8.06. The van der Waals surface area contributed by atoms with Gasteiger partial charge in [-0.2, -0.15) is 0 Å². The smallest absolute Gasteiger partial charge is 0.173 e. The van der Waals surface area contributed by atoms with E-state index in [9.17, 15) is 4.39 Å². The van der Waals surface area contributed by atoms with E-state index >= 15 is 0 Å². The van der Waals surface area contributed by atoms with Gasteiger partial charge in [0.2, 0.25) is 0 Å². The predicted octanol–water partition coefficient (Wildman–Crippen LogP) is 2.80. The fraction of sp³-hybridized carbons (Fsp3) is 0.0833. The molecule has 76 valence electrons. The number of benzene rings is 1. The molecule has 0 saturated carbocycles. The van der Waals surface area contributed by atoms with Gasteiger partial charge in [-0.1, -0.05) is 30.3 Å². The molecule has 1 heterocycles. The summed E-state index contributed by atoms with van der Waals surface area (Å²) in [6.07, 6.45) is 2.77. The van der Waals surface area contributed by atoms with Gasteiger partial charge in [0, 0.05) is 6.20 Å². The highest BCUT2D eigenvalue weighted by Gasteiger charge is 2.01. The van der Waals surface area contributed by atoms with Crippen molar-refractivity contribution in [2.45, 2.75) is 6.61 Å². The Labute approximate surface area is 87.4 Å². The van der Waals surface area contributed by atoms with Crippen molar-refractivity contribution >= 4 is 0 Å². The molecular weight excluding hydrogens is 193 g/mol. The minimum atomic E-state index is -0.388. The number of nitrogens with zero attached hydrogens (tertiary/aromatic N) is 1. The van der Waals surface area contributed by atoms with Crippen LogP contribution in [0.25, 0.3) is 0 Å². The quantitative estimate of drug-likeness (QED) is 0.765. The Morgan fingerprint density at radius 2 is 1.93 bits per heavy atom. The molecule has 0 radical (unpaired) electrons. The zero-order chi connectivity index (χ0) is 10.5. The number of aromatic nitrogens is 1. The highest BCUT2D eigenvalue weighted by molar-refractivity contribution is 5.20. The summed E-state index contributed by atoms with van der Waals surface area (Å²) in [5, 5.41) is 0. The van der Waals surface area contributed by atoms with Crippen LogP contribution in [0.2, 0.25) is 0 Å². The van der Waals surface area contributed by atoms with Gasteiger partial charge in [-0.25, -0.2) is 4.39 Å². The van der Waals surface area contributed by atoms with Crippen LogP contribution in [0.3, 0.4) is 0 Å². The summed E-state index contributed by atoms with van der Waals surface area (Å²) in [6, 6.07) is 10.9. The van der Waals surface area contributed by atoms with Crippen molar-refractivity contribution in [2.24, 2.45) is 0 Å². The molecule has 0 fully saturated rings. The fourth-order valence-electron chi connectivity index (χ4n) is 1.20. The molecule has 1 aromatic carbocycles. The van der Waals surface area contributed by atoms with Crippen molar-refractivity contribution in [2.75, 3.05) is 0 Å². The molecule has 15 heavy (non-hydrogen) atoms. The average Bonchev–Trinajstić information content (AvgIpc) is 2.29. The highest BCUT2D eigenvalue weighted by atomic mass is 19.1. The van der Waals surface area contributed by atoms with E-state index in [4.69, 9.17) is 4.74 Å². The third kappa shape index (κ3) is 2.53. The number of pyridine rings is 1. The molecule has 0 saturated heterocycles. The van der Waals surface area contributed by atoms with Gasteiger partial charge in [0.25, 0.3) is 0 Å². The fourth-order valence-corrected chi connectivity index (χ4v) is 1.20. The summed E-state index contributed by atoms with van der Waals surface area (Å²) in [6.45, 7) is 0.351. The molecule has 2 nitrogen and oxygen atoms in total. The second-order valence-electron chi connectivity index (χ2n) is 3.08. The molecule has 0 amide bonds. The van der Waals surface area contributed by atoms with Gasteiger partial charge in [0.15, 0.2) is 11.6 Å². The van der Waals surface area contributed by atoms with Gasteiger partial charge in [0.1, 0.15) is 6.61 Å². The lowest BCUT2D eigenvalue weighted by atomic mass is 10.2. The summed E-state index contributed by atoms with van der Waals surface area (Å²) < 4.78 is 18.4. The van der Waals surface area contributed by atoms with E-state index < -0.39 is 0 Å². The summed E-state index contributed by atoms with van der Waals surface area (Å²) in [5.41, 5.74) is 1.00. The van der Waals surface area contributed by atoms with Crippen LogP contribution in [0.5, 0.6) is 5.75 Å². The van der Waals surface area contributed by atoms with Crippen molar-refractivity contribution in [1.29, 1.82) is 0 Å². The van der Waals surface area contributed by atoms with E-state index in [1.807, 2.05) is 30.3 Å². The number of rotatable bonds is 3.